The highest BCUT2D eigenvalue weighted by atomic mass is 35.5. The summed E-state index contributed by atoms with van der Waals surface area (Å²) in [6.07, 6.45) is 1.83. The van der Waals surface area contributed by atoms with E-state index in [1.807, 2.05) is 30.3 Å². The number of halogens is 1. The van der Waals surface area contributed by atoms with Gasteiger partial charge < -0.3 is 15.4 Å². The third-order valence-corrected chi connectivity index (χ3v) is 6.54. The lowest BCUT2D eigenvalue weighted by atomic mass is 9.88. The molecule has 165 valence electrons. The summed E-state index contributed by atoms with van der Waals surface area (Å²) in [5.41, 5.74) is 11.7. The fraction of sp³-hybridized carbons (Fsp3) is 0.320. The predicted octanol–water partition coefficient (Wildman–Crippen LogP) is 4.01. The Morgan fingerprint density at radius 2 is 1.78 bits per heavy atom. The van der Waals surface area contributed by atoms with Crippen LogP contribution in [0, 0.1) is 6.92 Å². The minimum absolute atomic E-state index is 0.328. The Bertz CT molecular complexity index is 1110. The van der Waals surface area contributed by atoms with Gasteiger partial charge in [-0.2, -0.15) is 4.98 Å². The highest BCUT2D eigenvalue weighted by Crippen LogP contribution is 2.38. The number of aryl methyl sites for hydroxylation is 1. The Labute approximate surface area is 194 Å². The smallest absolute Gasteiger partial charge is 0.222 e. The quantitative estimate of drug-likeness (QED) is 0.636. The molecule has 2 heterocycles. The highest BCUT2D eigenvalue weighted by molar-refractivity contribution is 6.30. The molecule has 0 atom stereocenters. The van der Waals surface area contributed by atoms with Crippen LogP contribution in [0.25, 0.3) is 11.3 Å². The molecule has 0 saturated carbocycles. The van der Waals surface area contributed by atoms with Crippen LogP contribution < -0.4 is 15.4 Å². The monoisotopic (exact) mass is 448 g/mol. The summed E-state index contributed by atoms with van der Waals surface area (Å²) < 4.78 is 6.03. The molecule has 0 spiro atoms. The summed E-state index contributed by atoms with van der Waals surface area (Å²) >= 11 is 5.97. The minimum Gasteiger partial charge on any atom is -0.489 e. The fourth-order valence-corrected chi connectivity index (χ4v) is 4.62. The number of piperazine rings is 1. The van der Waals surface area contributed by atoms with E-state index in [0.717, 1.165) is 79.0 Å². The standard InChI is InChI=1S/C25H27ClN5O/c1-2-30-11-13-31(14-12-30)24-22-9-5-18-15-20(32-16-17-3-6-19(26)7-4-17)8-10-21(18)23(22)28-25(27)29-24/h3-4,6-8,10,15H,1-2,5,9,11-14,16H2,(H2,27,28,29). The van der Waals surface area contributed by atoms with E-state index in [1.54, 1.807) is 0 Å². The molecule has 7 heteroatoms. The molecule has 5 rings (SSSR count). The third kappa shape index (κ3) is 4.25. The average molecular weight is 449 g/mol. The molecule has 1 aliphatic carbocycles. The van der Waals surface area contributed by atoms with Gasteiger partial charge in [-0.1, -0.05) is 23.7 Å². The summed E-state index contributed by atoms with van der Waals surface area (Å²) in [5.74, 6) is 2.17. The normalized spacial score (nSPS) is 15.9. The van der Waals surface area contributed by atoms with Gasteiger partial charge in [0.1, 0.15) is 18.2 Å². The molecule has 2 aromatic carbocycles. The van der Waals surface area contributed by atoms with Crippen molar-refractivity contribution in [1.82, 2.24) is 14.9 Å². The van der Waals surface area contributed by atoms with Crippen LogP contribution in [0.2, 0.25) is 5.02 Å². The van der Waals surface area contributed by atoms with Crippen molar-refractivity contribution < 1.29 is 4.74 Å². The first-order valence-electron chi connectivity index (χ1n) is 11.0. The van der Waals surface area contributed by atoms with Crippen molar-refractivity contribution in [3.05, 3.63) is 71.1 Å². The lowest BCUT2D eigenvalue weighted by Crippen LogP contribution is -2.47. The van der Waals surface area contributed by atoms with Crippen LogP contribution in [-0.4, -0.2) is 47.6 Å². The summed E-state index contributed by atoms with van der Waals surface area (Å²) in [6, 6.07) is 14.0. The van der Waals surface area contributed by atoms with Gasteiger partial charge in [-0.25, -0.2) is 4.98 Å². The molecule has 0 unspecified atom stereocenters. The van der Waals surface area contributed by atoms with Crippen molar-refractivity contribution in [3.63, 3.8) is 0 Å². The first-order valence-corrected chi connectivity index (χ1v) is 11.4. The van der Waals surface area contributed by atoms with Crippen LogP contribution in [0.4, 0.5) is 11.8 Å². The molecule has 2 aliphatic rings. The van der Waals surface area contributed by atoms with E-state index in [2.05, 4.69) is 38.8 Å². The molecule has 1 saturated heterocycles. The van der Waals surface area contributed by atoms with Gasteiger partial charge in [0, 0.05) is 42.3 Å². The van der Waals surface area contributed by atoms with Gasteiger partial charge in [0.15, 0.2) is 0 Å². The van der Waals surface area contributed by atoms with E-state index in [-0.39, 0.29) is 0 Å². The van der Waals surface area contributed by atoms with E-state index < -0.39 is 0 Å². The molecule has 1 radical (unpaired) electrons. The number of hydrogen-bond acceptors (Lipinski definition) is 6. The zero-order valence-electron chi connectivity index (χ0n) is 18.1. The van der Waals surface area contributed by atoms with Crippen LogP contribution in [0.5, 0.6) is 5.75 Å². The van der Waals surface area contributed by atoms with Crippen LogP contribution >= 0.6 is 11.6 Å². The maximum absolute atomic E-state index is 6.15. The molecule has 1 fully saturated rings. The first kappa shape index (κ1) is 21.0. The predicted molar refractivity (Wildman–Crippen MR) is 129 cm³/mol. The molecule has 1 aliphatic heterocycles. The molecule has 32 heavy (non-hydrogen) atoms. The number of nitrogens with two attached hydrogens (primary N) is 1. The van der Waals surface area contributed by atoms with Crippen molar-refractivity contribution in [2.75, 3.05) is 43.4 Å². The van der Waals surface area contributed by atoms with Crippen LogP contribution in [0.1, 0.15) is 16.7 Å². The maximum atomic E-state index is 6.15. The number of aromatic nitrogens is 2. The number of nitrogens with zero attached hydrogens (tertiary/aromatic N) is 4. The number of ether oxygens (including phenoxy) is 1. The summed E-state index contributed by atoms with van der Waals surface area (Å²) in [4.78, 5) is 14.0. The SMILES string of the molecule is [CH2]CN1CCN(c2nc(N)nc3c2CCc2cc(OCc4ccc(Cl)cc4)ccc2-3)CC1. The number of rotatable bonds is 5. The van der Waals surface area contributed by atoms with Crippen molar-refractivity contribution in [1.29, 1.82) is 0 Å². The third-order valence-electron chi connectivity index (χ3n) is 6.29. The topological polar surface area (TPSA) is 67.5 Å². The van der Waals surface area contributed by atoms with Gasteiger partial charge in [0.05, 0.1) is 5.69 Å². The van der Waals surface area contributed by atoms with E-state index in [1.165, 1.54) is 11.1 Å². The first-order chi connectivity index (χ1) is 15.6. The van der Waals surface area contributed by atoms with E-state index in [9.17, 15) is 0 Å². The van der Waals surface area contributed by atoms with Gasteiger partial charge in [0.2, 0.25) is 5.95 Å². The second kappa shape index (κ2) is 8.96. The van der Waals surface area contributed by atoms with Gasteiger partial charge >= 0.3 is 0 Å². The van der Waals surface area contributed by atoms with Gasteiger partial charge in [-0.15, -0.1) is 0 Å². The zero-order chi connectivity index (χ0) is 22.1. The number of benzene rings is 2. The molecular weight excluding hydrogens is 422 g/mol. The molecular formula is C25H27ClN5O. The minimum atomic E-state index is 0.328. The Morgan fingerprint density at radius 1 is 1.00 bits per heavy atom. The van der Waals surface area contributed by atoms with Crippen molar-refractivity contribution in [2.45, 2.75) is 19.4 Å². The van der Waals surface area contributed by atoms with Crippen molar-refractivity contribution >= 4 is 23.4 Å². The van der Waals surface area contributed by atoms with Crippen molar-refractivity contribution in [2.24, 2.45) is 0 Å². The molecule has 2 N–H and O–H groups in total. The maximum Gasteiger partial charge on any atom is 0.222 e. The molecule has 3 aromatic rings. The lowest BCUT2D eigenvalue weighted by molar-refractivity contribution is 0.282. The number of nitrogen functional groups attached to an aromatic ring is 1. The molecule has 0 bridgehead atoms. The number of hydrogen-bond donors (Lipinski definition) is 1. The zero-order valence-corrected chi connectivity index (χ0v) is 18.8. The highest BCUT2D eigenvalue weighted by Gasteiger charge is 2.27. The van der Waals surface area contributed by atoms with Crippen LogP contribution in [-0.2, 0) is 19.4 Å². The molecule has 6 nitrogen and oxygen atoms in total. The molecule has 1 aromatic heterocycles. The van der Waals surface area contributed by atoms with Gasteiger partial charge in [0.25, 0.3) is 0 Å². The van der Waals surface area contributed by atoms with Crippen LogP contribution in [0.3, 0.4) is 0 Å². The van der Waals surface area contributed by atoms with E-state index in [4.69, 9.17) is 22.1 Å². The Kier molecular flexibility index (Phi) is 5.89. The molecule has 0 amide bonds. The van der Waals surface area contributed by atoms with E-state index in [0.29, 0.717) is 12.6 Å². The number of fused-ring (bicyclic) bond motifs is 3. The van der Waals surface area contributed by atoms with Gasteiger partial charge in [-0.3, -0.25) is 4.90 Å². The summed E-state index contributed by atoms with van der Waals surface area (Å²) in [6.45, 7) is 9.20. The Hall–Kier alpha value is -2.83. The fourth-order valence-electron chi connectivity index (χ4n) is 4.49. The second-order valence-electron chi connectivity index (χ2n) is 8.30. The second-order valence-corrected chi connectivity index (χ2v) is 8.73. The lowest BCUT2D eigenvalue weighted by Gasteiger charge is -2.36. The van der Waals surface area contributed by atoms with Crippen molar-refractivity contribution in [3.8, 4) is 17.0 Å². The average Bonchev–Trinajstić information content (AvgIpc) is 2.83. The van der Waals surface area contributed by atoms with Gasteiger partial charge in [-0.05, 0) is 67.8 Å². The summed E-state index contributed by atoms with van der Waals surface area (Å²) in [5, 5.41) is 0.728. The van der Waals surface area contributed by atoms with E-state index >= 15 is 0 Å². The summed E-state index contributed by atoms with van der Waals surface area (Å²) in [7, 11) is 0. The number of anilines is 2. The largest absolute Gasteiger partial charge is 0.489 e. The Morgan fingerprint density at radius 3 is 2.53 bits per heavy atom. The van der Waals surface area contributed by atoms with Crippen LogP contribution in [0.15, 0.2) is 42.5 Å². The Balaban J connectivity index is 1.39.